The van der Waals surface area contributed by atoms with Crippen LogP contribution in [0.5, 0.6) is 0 Å². The van der Waals surface area contributed by atoms with E-state index in [9.17, 15) is 0 Å². The summed E-state index contributed by atoms with van der Waals surface area (Å²) in [7, 11) is 1.31. The number of hydrogen-bond acceptors (Lipinski definition) is 0. The van der Waals surface area contributed by atoms with Crippen LogP contribution in [0.3, 0.4) is 0 Å². The molecule has 0 saturated carbocycles. The van der Waals surface area contributed by atoms with Gasteiger partial charge in [-0.15, -0.1) is 0 Å². The Morgan fingerprint density at radius 3 is 3.12 bits per heavy atom. The van der Waals surface area contributed by atoms with Crippen LogP contribution >= 0.6 is 8.07 Å². The third-order valence-electron chi connectivity index (χ3n) is 2.81. The molecule has 0 radical (unpaired) electrons. The van der Waals surface area contributed by atoms with E-state index in [1.165, 1.54) is 30.2 Å². The van der Waals surface area contributed by atoms with Gasteiger partial charge in [0.15, 0.2) is 0 Å². The summed E-state index contributed by atoms with van der Waals surface area (Å²) in [5.41, 5.74) is 6.88. The predicted octanol–water partition coefficient (Wildman–Crippen LogP) is 4.54. The summed E-state index contributed by atoms with van der Waals surface area (Å²) < 4.78 is 0. The van der Waals surface area contributed by atoms with Gasteiger partial charge in [-0.05, 0) is 0 Å². The van der Waals surface area contributed by atoms with Gasteiger partial charge in [0.2, 0.25) is 0 Å². The maximum atomic E-state index is 3.98. The third-order valence-corrected chi connectivity index (χ3v) is 3.70. The van der Waals surface area contributed by atoms with Crippen molar-refractivity contribution in [1.82, 2.24) is 0 Å². The van der Waals surface area contributed by atoms with Crippen LogP contribution in [-0.4, -0.2) is 6.62 Å². The molecule has 1 aromatic heterocycles. The van der Waals surface area contributed by atoms with Crippen molar-refractivity contribution < 1.29 is 0 Å². The van der Waals surface area contributed by atoms with Crippen molar-refractivity contribution in [3.8, 4) is 0 Å². The standard InChI is InChI=1S/C14H16BP/c1-4-11-9-16-15-13-7-5-6-12(14(11)13)8-10(2)3/h5,7-9H,2,4,6H2,1,3H3/b12-8+. The Morgan fingerprint density at radius 1 is 1.62 bits per heavy atom. The molecule has 1 aliphatic carbocycles. The summed E-state index contributed by atoms with van der Waals surface area (Å²) >= 11 is 0. The third kappa shape index (κ3) is 2.25. The molecule has 0 saturated heterocycles. The van der Waals surface area contributed by atoms with E-state index in [0.29, 0.717) is 0 Å². The van der Waals surface area contributed by atoms with Crippen molar-refractivity contribution in [3.63, 3.8) is 0 Å². The van der Waals surface area contributed by atoms with Crippen LogP contribution in [-0.2, 0) is 6.42 Å². The van der Waals surface area contributed by atoms with Gasteiger partial charge in [0.25, 0.3) is 0 Å². The molecule has 1 aromatic rings. The zero-order chi connectivity index (χ0) is 11.5. The molecule has 80 valence electrons. The van der Waals surface area contributed by atoms with Gasteiger partial charge in [0, 0.05) is 0 Å². The van der Waals surface area contributed by atoms with Crippen molar-refractivity contribution in [2.24, 2.45) is 0 Å². The first-order valence-electron chi connectivity index (χ1n) is 5.72. The molecule has 2 heteroatoms. The average Bonchev–Trinajstić information content (AvgIpc) is 2.28. The van der Waals surface area contributed by atoms with Gasteiger partial charge >= 0.3 is 99.7 Å². The van der Waals surface area contributed by atoms with E-state index < -0.39 is 0 Å². The molecule has 0 nitrogen and oxygen atoms in total. The molecule has 1 heterocycles. The quantitative estimate of drug-likeness (QED) is 0.694. The number of allylic oxidation sites excluding steroid dienone is 4. The molecule has 0 N–H and O–H groups in total. The first-order chi connectivity index (χ1) is 7.72. The van der Waals surface area contributed by atoms with Crippen LogP contribution < -0.4 is 0 Å². The molecule has 0 atom stereocenters. The van der Waals surface area contributed by atoms with Crippen molar-refractivity contribution in [3.05, 3.63) is 46.7 Å². The van der Waals surface area contributed by atoms with E-state index in [-0.39, 0.29) is 0 Å². The Hall–Kier alpha value is -0.935. The Labute approximate surface area is 100 Å². The second-order valence-electron chi connectivity index (χ2n) is 4.24. The zero-order valence-electron chi connectivity index (χ0n) is 9.96. The summed E-state index contributed by atoms with van der Waals surface area (Å²) in [5.74, 6) is 2.32. The molecule has 0 spiro atoms. The second kappa shape index (κ2) is 4.93. The minimum atomic E-state index is 1.04. The van der Waals surface area contributed by atoms with Gasteiger partial charge in [0.05, 0.1) is 0 Å². The van der Waals surface area contributed by atoms with Gasteiger partial charge in [-0.2, -0.15) is 0 Å². The molecule has 0 aliphatic heterocycles. The van der Waals surface area contributed by atoms with E-state index in [4.69, 9.17) is 0 Å². The van der Waals surface area contributed by atoms with Gasteiger partial charge in [-0.25, -0.2) is 0 Å². The SMILES string of the molecule is C=C(C)/C=C1\CC=Cc2bpcc(CC)c21. The van der Waals surface area contributed by atoms with Gasteiger partial charge in [0.1, 0.15) is 0 Å². The molecular weight excluding hydrogens is 210 g/mol. The van der Waals surface area contributed by atoms with E-state index in [0.717, 1.165) is 18.4 Å². The molecule has 0 unspecified atom stereocenters. The first kappa shape index (κ1) is 11.5. The van der Waals surface area contributed by atoms with Crippen LogP contribution in [0.4, 0.5) is 0 Å². The Kier molecular flexibility index (Phi) is 3.56. The topological polar surface area (TPSA) is 0 Å². The van der Waals surface area contributed by atoms with E-state index >= 15 is 0 Å². The molecule has 16 heavy (non-hydrogen) atoms. The molecule has 0 fully saturated rings. The van der Waals surface area contributed by atoms with E-state index in [2.05, 4.69) is 51.1 Å². The van der Waals surface area contributed by atoms with E-state index in [1.807, 2.05) is 0 Å². The minimum absolute atomic E-state index is 1.04. The van der Waals surface area contributed by atoms with Crippen LogP contribution in [0.1, 0.15) is 36.9 Å². The normalized spacial score (nSPS) is 16.5. The molecule has 0 bridgehead atoms. The average molecular weight is 226 g/mol. The first-order valence-corrected chi connectivity index (χ1v) is 6.75. The Morgan fingerprint density at radius 2 is 2.44 bits per heavy atom. The molecule has 1 aliphatic rings. The summed E-state index contributed by atoms with van der Waals surface area (Å²) in [5, 5.41) is 0. The fraction of sp³-hybridized carbons (Fsp3) is 0.286. The number of rotatable bonds is 2. The maximum absolute atomic E-state index is 3.98. The van der Waals surface area contributed by atoms with Crippen LogP contribution in [0.2, 0.25) is 0 Å². The van der Waals surface area contributed by atoms with Gasteiger partial charge in [-0.1, -0.05) is 0 Å². The second-order valence-corrected chi connectivity index (χ2v) is 5.05. The van der Waals surface area contributed by atoms with E-state index in [1.54, 1.807) is 0 Å². The Balaban J connectivity index is 2.60. The molecule has 0 amide bonds. The number of hydrogen-bond donors (Lipinski definition) is 0. The van der Waals surface area contributed by atoms with Crippen molar-refractivity contribution in [2.75, 3.05) is 0 Å². The zero-order valence-corrected chi connectivity index (χ0v) is 10.8. The summed E-state index contributed by atoms with van der Waals surface area (Å²) in [6, 6.07) is 0. The molecule has 2 rings (SSSR count). The summed E-state index contributed by atoms with van der Waals surface area (Å²) in [6.45, 7) is 10.6. The van der Waals surface area contributed by atoms with Crippen LogP contribution in [0, 0.1) is 0 Å². The molecular formula is C14H16BP. The summed E-state index contributed by atoms with van der Waals surface area (Å²) in [4.78, 5) is 0. The van der Waals surface area contributed by atoms with Crippen molar-refractivity contribution in [1.29, 1.82) is 0 Å². The van der Waals surface area contributed by atoms with Crippen molar-refractivity contribution >= 4 is 26.3 Å². The fourth-order valence-electron chi connectivity index (χ4n) is 2.15. The predicted molar refractivity (Wildman–Crippen MR) is 76.1 cm³/mol. The monoisotopic (exact) mass is 226 g/mol. The fourth-order valence-corrected chi connectivity index (χ4v) is 3.09. The van der Waals surface area contributed by atoms with Crippen molar-refractivity contribution in [2.45, 2.75) is 26.7 Å². The van der Waals surface area contributed by atoms with Gasteiger partial charge < -0.3 is 0 Å². The summed E-state index contributed by atoms with van der Waals surface area (Å²) in [6.07, 6.45) is 8.87. The Bertz CT molecular complexity index is 484. The van der Waals surface area contributed by atoms with Crippen LogP contribution in [0.25, 0.3) is 11.6 Å². The molecule has 0 aromatic carbocycles. The number of fused-ring (bicyclic) bond motifs is 1. The number of aryl methyl sites for hydroxylation is 1. The van der Waals surface area contributed by atoms with Crippen LogP contribution in [0.15, 0.2) is 30.1 Å². The van der Waals surface area contributed by atoms with Gasteiger partial charge in [-0.3, -0.25) is 0 Å².